The highest BCUT2D eigenvalue weighted by atomic mass is 32.2. The first kappa shape index (κ1) is 24.0. The SMILES string of the molecule is CC(C)CN(C(=O)COC(=O)c1ccccc1CCc1ccccc1)C1CCS(=O)(=O)C1. The van der Waals surface area contributed by atoms with E-state index in [1.54, 1.807) is 17.0 Å². The zero-order valence-corrected chi connectivity index (χ0v) is 19.5. The van der Waals surface area contributed by atoms with Gasteiger partial charge in [-0.05, 0) is 42.4 Å². The van der Waals surface area contributed by atoms with Crippen LogP contribution in [0.25, 0.3) is 0 Å². The Hall–Kier alpha value is -2.67. The van der Waals surface area contributed by atoms with E-state index in [1.165, 1.54) is 5.56 Å². The molecule has 0 radical (unpaired) electrons. The van der Waals surface area contributed by atoms with E-state index in [0.29, 0.717) is 24.9 Å². The number of ether oxygens (including phenoxy) is 1. The van der Waals surface area contributed by atoms with Crippen molar-refractivity contribution >= 4 is 21.7 Å². The van der Waals surface area contributed by atoms with Crippen LogP contribution < -0.4 is 0 Å². The maximum absolute atomic E-state index is 12.9. The van der Waals surface area contributed by atoms with Crippen LogP contribution in [0.15, 0.2) is 54.6 Å². The van der Waals surface area contributed by atoms with Gasteiger partial charge < -0.3 is 9.64 Å². The van der Waals surface area contributed by atoms with Crippen LogP contribution in [-0.2, 0) is 32.2 Å². The fourth-order valence-electron chi connectivity index (χ4n) is 4.02. The normalized spacial score (nSPS) is 17.3. The van der Waals surface area contributed by atoms with Crippen LogP contribution in [0.2, 0.25) is 0 Å². The van der Waals surface area contributed by atoms with E-state index in [4.69, 9.17) is 4.74 Å². The number of hydrogen-bond acceptors (Lipinski definition) is 5. The van der Waals surface area contributed by atoms with Crippen LogP contribution in [0.4, 0.5) is 0 Å². The van der Waals surface area contributed by atoms with E-state index in [0.717, 1.165) is 12.0 Å². The molecular weight excluding hydrogens is 426 g/mol. The lowest BCUT2D eigenvalue weighted by atomic mass is 10.00. The summed E-state index contributed by atoms with van der Waals surface area (Å²) >= 11 is 0. The maximum atomic E-state index is 12.9. The highest BCUT2D eigenvalue weighted by Gasteiger charge is 2.35. The number of sulfone groups is 1. The minimum Gasteiger partial charge on any atom is -0.452 e. The molecule has 1 saturated heterocycles. The van der Waals surface area contributed by atoms with Gasteiger partial charge in [-0.2, -0.15) is 0 Å². The van der Waals surface area contributed by atoms with Gasteiger partial charge in [0, 0.05) is 12.6 Å². The molecule has 0 N–H and O–H groups in total. The van der Waals surface area contributed by atoms with Crippen LogP contribution in [-0.4, -0.2) is 55.9 Å². The first-order valence-corrected chi connectivity index (χ1v) is 12.9. The molecule has 0 aliphatic carbocycles. The summed E-state index contributed by atoms with van der Waals surface area (Å²) in [7, 11) is -3.12. The fourth-order valence-corrected chi connectivity index (χ4v) is 5.75. The van der Waals surface area contributed by atoms with Crippen molar-refractivity contribution in [3.05, 3.63) is 71.3 Å². The third-order valence-electron chi connectivity index (χ3n) is 5.62. The topological polar surface area (TPSA) is 80.8 Å². The number of esters is 1. The molecule has 1 amide bonds. The number of aryl methyl sites for hydroxylation is 2. The molecule has 32 heavy (non-hydrogen) atoms. The minimum atomic E-state index is -3.12. The molecule has 0 bridgehead atoms. The zero-order valence-electron chi connectivity index (χ0n) is 18.7. The van der Waals surface area contributed by atoms with E-state index < -0.39 is 22.4 Å². The van der Waals surface area contributed by atoms with E-state index in [9.17, 15) is 18.0 Å². The van der Waals surface area contributed by atoms with Crippen LogP contribution in [0.5, 0.6) is 0 Å². The van der Waals surface area contributed by atoms with Crippen molar-refractivity contribution in [1.29, 1.82) is 0 Å². The Morgan fingerprint density at radius 2 is 1.72 bits per heavy atom. The first-order valence-electron chi connectivity index (χ1n) is 11.0. The summed E-state index contributed by atoms with van der Waals surface area (Å²) in [4.78, 5) is 27.2. The summed E-state index contributed by atoms with van der Waals surface area (Å²) in [6.07, 6.45) is 1.90. The number of hydrogen-bond donors (Lipinski definition) is 0. The minimum absolute atomic E-state index is 0.0261. The van der Waals surface area contributed by atoms with E-state index in [-0.39, 0.29) is 29.4 Å². The molecule has 0 aromatic heterocycles. The smallest absolute Gasteiger partial charge is 0.338 e. The Labute approximate surface area is 190 Å². The second-order valence-electron chi connectivity index (χ2n) is 8.72. The molecular formula is C25H31NO5S. The fraction of sp³-hybridized carbons (Fsp3) is 0.440. The van der Waals surface area contributed by atoms with Crippen molar-refractivity contribution in [2.75, 3.05) is 24.7 Å². The average molecular weight is 458 g/mol. The molecule has 1 fully saturated rings. The number of benzene rings is 2. The number of carbonyl (C=O) groups is 2. The molecule has 3 rings (SSSR count). The van der Waals surface area contributed by atoms with Gasteiger partial charge in [-0.3, -0.25) is 4.79 Å². The predicted octanol–water partition coefficient (Wildman–Crippen LogP) is 3.30. The van der Waals surface area contributed by atoms with Crippen molar-refractivity contribution in [2.45, 2.75) is 39.2 Å². The lowest BCUT2D eigenvalue weighted by molar-refractivity contribution is -0.137. The van der Waals surface area contributed by atoms with Crippen molar-refractivity contribution < 1.29 is 22.7 Å². The van der Waals surface area contributed by atoms with Crippen LogP contribution in [0, 0.1) is 5.92 Å². The molecule has 1 aliphatic heterocycles. The Morgan fingerprint density at radius 3 is 2.38 bits per heavy atom. The summed E-state index contributed by atoms with van der Waals surface area (Å²) in [5.41, 5.74) is 2.51. The number of rotatable bonds is 9. The van der Waals surface area contributed by atoms with Crippen LogP contribution in [0.3, 0.4) is 0 Å². The first-order chi connectivity index (χ1) is 15.2. The third kappa shape index (κ3) is 6.66. The van der Waals surface area contributed by atoms with Gasteiger partial charge in [-0.1, -0.05) is 62.4 Å². The molecule has 1 heterocycles. The Bertz CT molecular complexity index is 1030. The summed E-state index contributed by atoms with van der Waals surface area (Å²) in [6, 6.07) is 16.9. The second-order valence-corrected chi connectivity index (χ2v) is 10.9. The maximum Gasteiger partial charge on any atom is 0.338 e. The molecule has 172 valence electrons. The lowest BCUT2D eigenvalue weighted by Crippen LogP contribution is -2.45. The van der Waals surface area contributed by atoms with E-state index in [1.807, 2.05) is 56.3 Å². The lowest BCUT2D eigenvalue weighted by Gasteiger charge is -2.29. The highest BCUT2D eigenvalue weighted by molar-refractivity contribution is 7.91. The Kier molecular flexibility index (Phi) is 8.07. The van der Waals surface area contributed by atoms with Crippen LogP contribution >= 0.6 is 0 Å². The quantitative estimate of drug-likeness (QED) is 0.540. The molecule has 0 saturated carbocycles. The summed E-state index contributed by atoms with van der Waals surface area (Å²) < 4.78 is 29.1. The van der Waals surface area contributed by atoms with Crippen molar-refractivity contribution in [3.63, 3.8) is 0 Å². The van der Waals surface area contributed by atoms with Crippen molar-refractivity contribution in [2.24, 2.45) is 5.92 Å². The number of amides is 1. The second kappa shape index (κ2) is 10.8. The third-order valence-corrected chi connectivity index (χ3v) is 7.37. The Balaban J connectivity index is 1.63. The van der Waals surface area contributed by atoms with E-state index >= 15 is 0 Å². The van der Waals surface area contributed by atoms with Gasteiger partial charge in [0.25, 0.3) is 5.91 Å². The summed E-state index contributed by atoms with van der Waals surface area (Å²) in [5.74, 6) is -0.645. The molecule has 2 aromatic rings. The van der Waals surface area contributed by atoms with Gasteiger partial charge in [0.05, 0.1) is 17.1 Å². The van der Waals surface area contributed by atoms with Crippen molar-refractivity contribution in [1.82, 2.24) is 4.90 Å². The Morgan fingerprint density at radius 1 is 1.03 bits per heavy atom. The molecule has 1 unspecified atom stereocenters. The molecule has 7 heteroatoms. The van der Waals surface area contributed by atoms with Gasteiger partial charge in [-0.25, -0.2) is 13.2 Å². The highest BCUT2D eigenvalue weighted by Crippen LogP contribution is 2.20. The van der Waals surface area contributed by atoms with Crippen LogP contribution in [0.1, 0.15) is 41.8 Å². The number of nitrogens with zero attached hydrogens (tertiary/aromatic N) is 1. The van der Waals surface area contributed by atoms with Gasteiger partial charge >= 0.3 is 5.97 Å². The van der Waals surface area contributed by atoms with Gasteiger partial charge in [0.2, 0.25) is 0 Å². The molecule has 6 nitrogen and oxygen atoms in total. The van der Waals surface area contributed by atoms with Gasteiger partial charge in [0.1, 0.15) is 0 Å². The van der Waals surface area contributed by atoms with Gasteiger partial charge in [-0.15, -0.1) is 0 Å². The largest absolute Gasteiger partial charge is 0.452 e. The monoisotopic (exact) mass is 457 g/mol. The standard InChI is InChI=1S/C25H31NO5S/c1-19(2)16-26(22-14-15-32(29,30)18-22)24(27)17-31-25(28)23-11-7-6-10-21(23)13-12-20-8-4-3-5-9-20/h3-11,19,22H,12-18H2,1-2H3. The average Bonchev–Trinajstić information content (AvgIpc) is 3.14. The molecule has 1 atom stereocenters. The summed E-state index contributed by atoms with van der Waals surface area (Å²) in [6.45, 7) is 3.98. The van der Waals surface area contributed by atoms with Gasteiger partial charge in [0.15, 0.2) is 16.4 Å². The van der Waals surface area contributed by atoms with E-state index in [2.05, 4.69) is 0 Å². The zero-order chi connectivity index (χ0) is 23.1. The molecule has 2 aromatic carbocycles. The predicted molar refractivity (Wildman–Crippen MR) is 124 cm³/mol. The van der Waals surface area contributed by atoms with Crippen molar-refractivity contribution in [3.8, 4) is 0 Å². The molecule has 0 spiro atoms. The summed E-state index contributed by atoms with van der Waals surface area (Å²) in [5, 5.41) is 0. The number of carbonyl (C=O) groups excluding carboxylic acids is 2. The molecule has 1 aliphatic rings.